The Labute approximate surface area is 182 Å². The maximum absolute atomic E-state index is 13.7. The number of hydrogen-bond acceptors (Lipinski definition) is 6. The van der Waals surface area contributed by atoms with Crippen LogP contribution in [-0.4, -0.2) is 28.3 Å². The summed E-state index contributed by atoms with van der Waals surface area (Å²) in [5, 5.41) is 6.12. The van der Waals surface area contributed by atoms with Crippen molar-refractivity contribution in [3.8, 4) is 0 Å². The summed E-state index contributed by atoms with van der Waals surface area (Å²) in [6.07, 6.45) is -0.685. The van der Waals surface area contributed by atoms with Gasteiger partial charge >= 0.3 is 6.09 Å². The molecule has 9 heteroatoms. The number of carbonyl (C=O) groups excluding carboxylic acids is 2. The summed E-state index contributed by atoms with van der Waals surface area (Å²) in [5.74, 6) is -0.0711. The molecule has 158 valence electrons. The van der Waals surface area contributed by atoms with Gasteiger partial charge in [-0.1, -0.05) is 12.1 Å². The summed E-state index contributed by atoms with van der Waals surface area (Å²) in [6.45, 7) is 5.22. The van der Waals surface area contributed by atoms with Crippen molar-refractivity contribution in [2.45, 2.75) is 32.1 Å². The minimum absolute atomic E-state index is 0.165. The van der Waals surface area contributed by atoms with Gasteiger partial charge in [-0.15, -0.1) is 23.1 Å². The number of hydrogen-bond donors (Lipinski definition) is 2. The summed E-state index contributed by atoms with van der Waals surface area (Å²) in [5.41, 5.74) is 0.701. The Morgan fingerprint density at radius 3 is 2.63 bits per heavy atom. The average Bonchev–Trinajstić information content (AvgIpc) is 3.05. The number of halogens is 1. The molecule has 3 aromatic rings. The van der Waals surface area contributed by atoms with Crippen LogP contribution in [0.25, 0.3) is 10.2 Å². The molecular formula is C21H22FN3O3S2. The second kappa shape index (κ2) is 9.44. The topological polar surface area (TPSA) is 80.3 Å². The van der Waals surface area contributed by atoms with E-state index in [1.807, 2.05) is 24.3 Å². The predicted octanol–water partition coefficient (Wildman–Crippen LogP) is 5.65. The van der Waals surface area contributed by atoms with Crippen LogP contribution in [0.2, 0.25) is 0 Å². The second-order valence-corrected chi connectivity index (χ2v) is 9.53. The minimum atomic E-state index is -0.685. The number of aromatic nitrogens is 1. The normalized spacial score (nSPS) is 11.3. The first-order valence-electron chi connectivity index (χ1n) is 9.21. The molecule has 0 atom stereocenters. The monoisotopic (exact) mass is 447 g/mol. The van der Waals surface area contributed by atoms with E-state index in [0.717, 1.165) is 21.3 Å². The average molecular weight is 448 g/mol. The molecule has 2 amide bonds. The predicted molar refractivity (Wildman–Crippen MR) is 121 cm³/mol. The number of thiazole rings is 1. The summed E-state index contributed by atoms with van der Waals surface area (Å²) >= 11 is 3.00. The first-order valence-corrected chi connectivity index (χ1v) is 11.2. The number of benzene rings is 2. The van der Waals surface area contributed by atoms with E-state index < -0.39 is 17.5 Å². The zero-order valence-electron chi connectivity index (χ0n) is 16.8. The highest BCUT2D eigenvalue weighted by molar-refractivity contribution is 7.99. The standard InChI is InChI=1S/C21H22FN3O3S2/c1-21(2,3)28-20(27)25-14-9-8-13(22)10-16(14)23-18(26)11-29-12-19-24-15-6-4-5-7-17(15)30-19/h4-10H,11-12H2,1-3H3,(H,23,26)(H,25,27). The van der Waals surface area contributed by atoms with Crippen molar-refractivity contribution in [1.82, 2.24) is 4.98 Å². The Morgan fingerprint density at radius 2 is 1.90 bits per heavy atom. The summed E-state index contributed by atoms with van der Waals surface area (Å²) in [4.78, 5) is 28.9. The molecule has 1 aromatic heterocycles. The number of amides is 2. The molecule has 0 spiro atoms. The smallest absolute Gasteiger partial charge is 0.412 e. The maximum atomic E-state index is 13.7. The fourth-order valence-corrected chi connectivity index (χ4v) is 4.39. The molecule has 0 bridgehead atoms. The van der Waals surface area contributed by atoms with Gasteiger partial charge in [0.2, 0.25) is 5.91 Å². The zero-order chi connectivity index (χ0) is 21.7. The van der Waals surface area contributed by atoms with E-state index >= 15 is 0 Å². The molecule has 0 unspecified atom stereocenters. The molecule has 0 aliphatic heterocycles. The Kier molecular flexibility index (Phi) is 6.94. The molecule has 0 saturated carbocycles. The summed E-state index contributed by atoms with van der Waals surface area (Å²) < 4.78 is 20.0. The third kappa shape index (κ3) is 6.43. The number of carbonyl (C=O) groups is 2. The van der Waals surface area contributed by atoms with Crippen LogP contribution in [0.4, 0.5) is 20.6 Å². The van der Waals surface area contributed by atoms with E-state index in [-0.39, 0.29) is 23.0 Å². The molecule has 1 heterocycles. The van der Waals surface area contributed by atoms with Crippen molar-refractivity contribution in [2.75, 3.05) is 16.4 Å². The molecule has 3 rings (SSSR count). The van der Waals surface area contributed by atoms with Gasteiger partial charge in [0.1, 0.15) is 16.4 Å². The van der Waals surface area contributed by atoms with Gasteiger partial charge in [0, 0.05) is 5.75 Å². The van der Waals surface area contributed by atoms with Gasteiger partial charge in [-0.3, -0.25) is 10.1 Å². The fraction of sp³-hybridized carbons (Fsp3) is 0.286. The summed E-state index contributed by atoms with van der Waals surface area (Å²) in [7, 11) is 0. The number of rotatable bonds is 6. The van der Waals surface area contributed by atoms with Crippen LogP contribution in [0.1, 0.15) is 25.8 Å². The molecule has 6 nitrogen and oxygen atoms in total. The third-order valence-corrected chi connectivity index (χ3v) is 5.85. The number of para-hydroxylation sites is 1. The van der Waals surface area contributed by atoms with Crippen molar-refractivity contribution in [2.24, 2.45) is 0 Å². The molecule has 0 fully saturated rings. The van der Waals surface area contributed by atoms with Crippen LogP contribution in [0.3, 0.4) is 0 Å². The molecule has 2 aromatic carbocycles. The van der Waals surface area contributed by atoms with E-state index in [0.29, 0.717) is 5.75 Å². The van der Waals surface area contributed by atoms with Gasteiger partial charge in [-0.2, -0.15) is 0 Å². The quantitative estimate of drug-likeness (QED) is 0.510. The Morgan fingerprint density at radius 1 is 1.13 bits per heavy atom. The lowest BCUT2D eigenvalue weighted by Gasteiger charge is -2.20. The van der Waals surface area contributed by atoms with Crippen LogP contribution >= 0.6 is 23.1 Å². The highest BCUT2D eigenvalue weighted by Gasteiger charge is 2.18. The molecule has 2 N–H and O–H groups in total. The number of nitrogens with one attached hydrogen (secondary N) is 2. The highest BCUT2D eigenvalue weighted by Crippen LogP contribution is 2.26. The van der Waals surface area contributed by atoms with E-state index in [1.54, 1.807) is 32.1 Å². The largest absolute Gasteiger partial charge is 0.444 e. The molecular weight excluding hydrogens is 425 g/mol. The van der Waals surface area contributed by atoms with Gasteiger partial charge in [0.25, 0.3) is 0 Å². The van der Waals surface area contributed by atoms with Crippen LogP contribution in [0.5, 0.6) is 0 Å². The van der Waals surface area contributed by atoms with Crippen molar-refractivity contribution in [3.05, 3.63) is 53.3 Å². The SMILES string of the molecule is CC(C)(C)OC(=O)Nc1ccc(F)cc1NC(=O)CSCc1nc2ccccc2s1. The third-order valence-electron chi connectivity index (χ3n) is 3.69. The number of thioether (sulfide) groups is 1. The first kappa shape index (κ1) is 22.0. The van der Waals surface area contributed by atoms with Gasteiger partial charge in [0.15, 0.2) is 0 Å². The zero-order valence-corrected chi connectivity index (χ0v) is 18.5. The van der Waals surface area contributed by atoms with Crippen LogP contribution < -0.4 is 10.6 Å². The van der Waals surface area contributed by atoms with Crippen molar-refractivity contribution in [1.29, 1.82) is 0 Å². The van der Waals surface area contributed by atoms with Crippen LogP contribution in [0.15, 0.2) is 42.5 Å². The van der Waals surface area contributed by atoms with E-state index in [9.17, 15) is 14.0 Å². The number of nitrogens with zero attached hydrogens (tertiary/aromatic N) is 1. The molecule has 0 saturated heterocycles. The second-order valence-electron chi connectivity index (χ2n) is 7.43. The number of anilines is 2. The van der Waals surface area contributed by atoms with E-state index in [4.69, 9.17) is 4.74 Å². The van der Waals surface area contributed by atoms with Gasteiger partial charge in [-0.05, 0) is 51.1 Å². The van der Waals surface area contributed by atoms with Gasteiger partial charge in [0.05, 0.1) is 27.3 Å². The van der Waals surface area contributed by atoms with Crippen molar-refractivity contribution >= 4 is 56.7 Å². The van der Waals surface area contributed by atoms with Crippen molar-refractivity contribution in [3.63, 3.8) is 0 Å². The van der Waals surface area contributed by atoms with Crippen molar-refractivity contribution < 1.29 is 18.7 Å². The Balaban J connectivity index is 1.57. The summed E-state index contributed by atoms with van der Waals surface area (Å²) in [6, 6.07) is 11.6. The Bertz CT molecular complexity index is 1030. The van der Waals surface area contributed by atoms with Crippen LogP contribution in [0, 0.1) is 5.82 Å². The highest BCUT2D eigenvalue weighted by atomic mass is 32.2. The lowest BCUT2D eigenvalue weighted by molar-refractivity contribution is -0.113. The molecule has 0 aliphatic carbocycles. The van der Waals surface area contributed by atoms with Gasteiger partial charge in [-0.25, -0.2) is 14.2 Å². The fourth-order valence-electron chi connectivity index (χ4n) is 2.54. The first-order chi connectivity index (χ1) is 14.2. The van der Waals surface area contributed by atoms with E-state index in [1.165, 1.54) is 23.9 Å². The Hall–Kier alpha value is -2.65. The lowest BCUT2D eigenvalue weighted by Crippen LogP contribution is -2.27. The lowest BCUT2D eigenvalue weighted by atomic mass is 10.2. The maximum Gasteiger partial charge on any atom is 0.412 e. The molecule has 0 radical (unpaired) electrons. The number of ether oxygens (including phenoxy) is 1. The number of fused-ring (bicyclic) bond motifs is 1. The minimum Gasteiger partial charge on any atom is -0.444 e. The van der Waals surface area contributed by atoms with Gasteiger partial charge < -0.3 is 10.1 Å². The molecule has 0 aliphatic rings. The molecule has 30 heavy (non-hydrogen) atoms. The van der Waals surface area contributed by atoms with Crippen LogP contribution in [-0.2, 0) is 15.3 Å². The van der Waals surface area contributed by atoms with E-state index in [2.05, 4.69) is 15.6 Å².